The van der Waals surface area contributed by atoms with Crippen molar-refractivity contribution in [3.8, 4) is 5.75 Å². The predicted molar refractivity (Wildman–Crippen MR) is 97.5 cm³/mol. The summed E-state index contributed by atoms with van der Waals surface area (Å²) in [4.78, 5) is 12.5. The minimum Gasteiger partial charge on any atom is -0.492 e. The van der Waals surface area contributed by atoms with E-state index in [2.05, 4.69) is 38.8 Å². The molecule has 0 saturated heterocycles. The second-order valence-corrected chi connectivity index (χ2v) is 7.68. The van der Waals surface area contributed by atoms with Crippen LogP contribution in [-0.4, -0.2) is 28.8 Å². The number of alkyl halides is 2. The molecule has 0 radical (unpaired) electrons. The minimum atomic E-state index is -0.298. The molecule has 2 atom stereocenters. The van der Waals surface area contributed by atoms with E-state index in [9.17, 15) is 4.79 Å². The van der Waals surface area contributed by atoms with Crippen molar-refractivity contribution in [2.24, 2.45) is 0 Å². The average molecular weight is 436 g/mol. The van der Waals surface area contributed by atoms with Crippen LogP contribution < -0.4 is 4.74 Å². The number of esters is 1. The molecule has 0 bridgehead atoms. The van der Waals surface area contributed by atoms with Gasteiger partial charge in [0.1, 0.15) is 12.4 Å². The van der Waals surface area contributed by atoms with Gasteiger partial charge in [-0.15, -0.1) is 0 Å². The molecule has 3 nitrogen and oxygen atoms in total. The molecule has 1 aromatic carbocycles. The van der Waals surface area contributed by atoms with Crippen LogP contribution in [0.25, 0.3) is 0 Å². The maximum Gasteiger partial charge on any atom is 0.338 e. The van der Waals surface area contributed by atoms with E-state index in [0.717, 1.165) is 18.6 Å². The molecule has 0 aliphatic heterocycles. The van der Waals surface area contributed by atoms with E-state index >= 15 is 0 Å². The van der Waals surface area contributed by atoms with Gasteiger partial charge < -0.3 is 9.47 Å². The van der Waals surface area contributed by atoms with Crippen LogP contribution in [0, 0.1) is 0 Å². The summed E-state index contributed by atoms with van der Waals surface area (Å²) in [6, 6.07) is 7.07. The minimum absolute atomic E-state index is 0.298. The Morgan fingerprint density at radius 1 is 1.09 bits per heavy atom. The molecule has 0 amide bonds. The van der Waals surface area contributed by atoms with Gasteiger partial charge in [0.25, 0.3) is 0 Å². The Kier molecular flexibility index (Phi) is 9.80. The van der Waals surface area contributed by atoms with Gasteiger partial charge in [0.05, 0.1) is 12.2 Å². The van der Waals surface area contributed by atoms with E-state index in [-0.39, 0.29) is 5.97 Å². The first-order chi connectivity index (χ1) is 10.6. The van der Waals surface area contributed by atoms with E-state index in [0.29, 0.717) is 28.4 Å². The Morgan fingerprint density at radius 3 is 2.32 bits per heavy atom. The largest absolute Gasteiger partial charge is 0.492 e. The molecular formula is C17H24Br2O3. The topological polar surface area (TPSA) is 35.5 Å². The maximum absolute atomic E-state index is 11.5. The number of hydrogen-bond donors (Lipinski definition) is 0. The molecule has 1 aromatic rings. The third-order valence-electron chi connectivity index (χ3n) is 3.27. The van der Waals surface area contributed by atoms with Crippen molar-refractivity contribution in [1.29, 1.82) is 0 Å². The number of carbonyl (C=O) groups is 1. The third-order valence-corrected chi connectivity index (χ3v) is 5.10. The molecule has 5 heteroatoms. The molecule has 0 saturated carbocycles. The van der Waals surface area contributed by atoms with E-state index in [1.165, 1.54) is 12.8 Å². The van der Waals surface area contributed by atoms with Crippen molar-refractivity contribution in [2.45, 2.75) is 49.2 Å². The van der Waals surface area contributed by atoms with Gasteiger partial charge in [0.15, 0.2) is 0 Å². The summed E-state index contributed by atoms with van der Waals surface area (Å²) < 4.78 is 10.7. The van der Waals surface area contributed by atoms with E-state index in [1.54, 1.807) is 31.2 Å². The van der Waals surface area contributed by atoms with Gasteiger partial charge in [0, 0.05) is 9.65 Å². The Hall–Kier alpha value is -0.550. The zero-order chi connectivity index (χ0) is 16.4. The van der Waals surface area contributed by atoms with Crippen molar-refractivity contribution in [3.63, 3.8) is 0 Å². The lowest BCUT2D eigenvalue weighted by Gasteiger charge is -2.13. The molecule has 124 valence electrons. The van der Waals surface area contributed by atoms with Crippen molar-refractivity contribution in [1.82, 2.24) is 0 Å². The first kappa shape index (κ1) is 19.5. The number of benzene rings is 1. The highest BCUT2D eigenvalue weighted by atomic mass is 79.9. The number of halogens is 2. The average Bonchev–Trinajstić information content (AvgIpc) is 2.53. The third kappa shape index (κ3) is 7.63. The predicted octanol–water partition coefficient (Wildman–Crippen LogP) is 5.35. The molecular weight excluding hydrogens is 412 g/mol. The Morgan fingerprint density at radius 2 is 1.73 bits per heavy atom. The normalized spacial score (nSPS) is 13.5. The maximum atomic E-state index is 11.5. The number of rotatable bonds is 10. The van der Waals surface area contributed by atoms with Crippen LogP contribution in [0.4, 0.5) is 0 Å². The van der Waals surface area contributed by atoms with Crippen LogP contribution in [0.2, 0.25) is 0 Å². The van der Waals surface area contributed by atoms with Crippen LogP contribution in [0.3, 0.4) is 0 Å². The quantitative estimate of drug-likeness (QED) is 0.367. The molecule has 0 aromatic heterocycles. The molecule has 1 rings (SSSR count). The molecule has 0 heterocycles. The van der Waals surface area contributed by atoms with Crippen molar-refractivity contribution >= 4 is 37.8 Å². The highest BCUT2D eigenvalue weighted by Crippen LogP contribution is 2.19. The number of hydrogen-bond acceptors (Lipinski definition) is 3. The zero-order valence-electron chi connectivity index (χ0n) is 13.2. The van der Waals surface area contributed by atoms with Crippen LogP contribution >= 0.6 is 31.9 Å². The lowest BCUT2D eigenvalue weighted by Crippen LogP contribution is -2.12. The fraction of sp³-hybridized carbons (Fsp3) is 0.588. The second kappa shape index (κ2) is 11.1. The van der Waals surface area contributed by atoms with E-state index in [1.807, 2.05) is 0 Å². The monoisotopic (exact) mass is 434 g/mol. The molecule has 0 aliphatic rings. The summed E-state index contributed by atoms with van der Waals surface area (Å²) in [6.45, 7) is 4.99. The lowest BCUT2D eigenvalue weighted by molar-refractivity contribution is 0.0526. The van der Waals surface area contributed by atoms with Gasteiger partial charge in [-0.1, -0.05) is 45.2 Å². The lowest BCUT2D eigenvalue weighted by atomic mass is 10.1. The van der Waals surface area contributed by atoms with Crippen molar-refractivity contribution in [3.05, 3.63) is 29.8 Å². The van der Waals surface area contributed by atoms with Crippen molar-refractivity contribution in [2.75, 3.05) is 13.2 Å². The molecule has 0 aliphatic carbocycles. The van der Waals surface area contributed by atoms with Gasteiger partial charge in [-0.2, -0.15) is 0 Å². The number of ether oxygens (including phenoxy) is 2. The Balaban J connectivity index is 2.30. The first-order valence-electron chi connectivity index (χ1n) is 7.74. The summed E-state index contributed by atoms with van der Waals surface area (Å²) in [5, 5.41) is 0. The Labute approximate surface area is 150 Å². The van der Waals surface area contributed by atoms with E-state index < -0.39 is 0 Å². The smallest absolute Gasteiger partial charge is 0.338 e. The van der Waals surface area contributed by atoms with Crippen LogP contribution in [0.1, 0.15) is 49.9 Å². The zero-order valence-corrected chi connectivity index (χ0v) is 16.4. The summed E-state index contributed by atoms with van der Waals surface area (Å²) >= 11 is 7.30. The Bertz CT molecular complexity index is 434. The summed E-state index contributed by atoms with van der Waals surface area (Å²) in [5.41, 5.74) is 0.549. The second-order valence-electron chi connectivity index (χ2n) is 5.09. The van der Waals surface area contributed by atoms with Gasteiger partial charge in [0.2, 0.25) is 0 Å². The first-order valence-corrected chi connectivity index (χ1v) is 9.58. The van der Waals surface area contributed by atoms with E-state index in [4.69, 9.17) is 9.47 Å². The SMILES string of the molecule is CCOC(=O)c1ccc(OCC(Br)CCCC(Br)CC)cc1. The highest BCUT2D eigenvalue weighted by molar-refractivity contribution is 9.09. The fourth-order valence-electron chi connectivity index (χ4n) is 1.94. The number of carbonyl (C=O) groups excluding carboxylic acids is 1. The summed E-state index contributed by atoms with van der Waals surface area (Å²) in [7, 11) is 0. The standard InChI is InChI=1S/C17H24Br2O3/c1-3-14(18)6-5-7-15(19)12-22-16-10-8-13(9-11-16)17(20)21-4-2/h8-11,14-15H,3-7,12H2,1-2H3. The van der Waals surface area contributed by atoms with Crippen molar-refractivity contribution < 1.29 is 14.3 Å². The van der Waals surface area contributed by atoms with Crippen LogP contribution in [0.5, 0.6) is 5.75 Å². The highest BCUT2D eigenvalue weighted by Gasteiger charge is 2.09. The molecule has 0 spiro atoms. The van der Waals surface area contributed by atoms with Crippen LogP contribution in [0.15, 0.2) is 24.3 Å². The molecule has 22 heavy (non-hydrogen) atoms. The van der Waals surface area contributed by atoms with Gasteiger partial charge in [-0.05, 0) is 50.5 Å². The molecule has 0 fully saturated rings. The van der Waals surface area contributed by atoms with Gasteiger partial charge in [-0.3, -0.25) is 0 Å². The molecule has 2 unspecified atom stereocenters. The summed E-state index contributed by atoms with van der Waals surface area (Å²) in [5.74, 6) is 0.470. The summed E-state index contributed by atoms with van der Waals surface area (Å²) in [6.07, 6.45) is 4.61. The molecule has 0 N–H and O–H groups in total. The van der Waals surface area contributed by atoms with Gasteiger partial charge >= 0.3 is 5.97 Å². The van der Waals surface area contributed by atoms with Crippen LogP contribution in [-0.2, 0) is 4.74 Å². The fourth-order valence-corrected chi connectivity index (χ4v) is 2.72. The van der Waals surface area contributed by atoms with Gasteiger partial charge in [-0.25, -0.2) is 4.79 Å².